The standard InChI is InChI=1S/C14H19N3O/c1-2-15-10-13-11-16-17(8-9-18)14(13)12-6-4-3-5-7-12/h3-7,11,15,18H,2,8-10H2,1H3. The van der Waals surface area contributed by atoms with Gasteiger partial charge < -0.3 is 10.4 Å². The number of aliphatic hydroxyl groups is 1. The van der Waals surface area contributed by atoms with Crippen molar-refractivity contribution in [2.24, 2.45) is 0 Å². The van der Waals surface area contributed by atoms with Gasteiger partial charge >= 0.3 is 0 Å². The van der Waals surface area contributed by atoms with E-state index in [9.17, 15) is 0 Å². The molecular weight excluding hydrogens is 226 g/mol. The van der Waals surface area contributed by atoms with Gasteiger partial charge in [0.25, 0.3) is 0 Å². The van der Waals surface area contributed by atoms with Crippen molar-refractivity contribution < 1.29 is 5.11 Å². The Morgan fingerprint density at radius 2 is 2.06 bits per heavy atom. The van der Waals surface area contributed by atoms with Gasteiger partial charge in [-0.3, -0.25) is 4.68 Å². The second kappa shape index (κ2) is 6.33. The molecule has 4 nitrogen and oxygen atoms in total. The molecule has 96 valence electrons. The van der Waals surface area contributed by atoms with Crippen LogP contribution in [0.2, 0.25) is 0 Å². The Balaban J connectivity index is 2.37. The molecule has 0 saturated carbocycles. The summed E-state index contributed by atoms with van der Waals surface area (Å²) < 4.78 is 1.86. The van der Waals surface area contributed by atoms with Gasteiger partial charge in [0.15, 0.2) is 0 Å². The molecule has 18 heavy (non-hydrogen) atoms. The summed E-state index contributed by atoms with van der Waals surface area (Å²) >= 11 is 0. The lowest BCUT2D eigenvalue weighted by atomic mass is 10.1. The van der Waals surface area contributed by atoms with E-state index in [4.69, 9.17) is 5.11 Å². The van der Waals surface area contributed by atoms with Gasteiger partial charge in [-0.05, 0) is 6.54 Å². The first-order valence-corrected chi connectivity index (χ1v) is 6.28. The third kappa shape index (κ3) is 2.78. The second-order valence-corrected chi connectivity index (χ2v) is 4.11. The van der Waals surface area contributed by atoms with Crippen LogP contribution in [-0.4, -0.2) is 28.0 Å². The third-order valence-electron chi connectivity index (χ3n) is 2.84. The number of hydrogen-bond donors (Lipinski definition) is 2. The summed E-state index contributed by atoms with van der Waals surface area (Å²) in [6, 6.07) is 10.2. The lowest BCUT2D eigenvalue weighted by Gasteiger charge is -2.09. The Labute approximate surface area is 107 Å². The van der Waals surface area contributed by atoms with Gasteiger partial charge in [-0.1, -0.05) is 37.3 Å². The molecule has 1 aromatic heterocycles. The van der Waals surface area contributed by atoms with Crippen LogP contribution in [0.3, 0.4) is 0 Å². The molecule has 1 aromatic carbocycles. The van der Waals surface area contributed by atoms with Crippen molar-refractivity contribution in [3.8, 4) is 11.3 Å². The molecule has 0 aliphatic rings. The summed E-state index contributed by atoms with van der Waals surface area (Å²) in [6.07, 6.45) is 1.88. The average molecular weight is 245 g/mol. The molecule has 0 aliphatic heterocycles. The van der Waals surface area contributed by atoms with Gasteiger partial charge in [-0.25, -0.2) is 0 Å². The van der Waals surface area contributed by atoms with Gasteiger partial charge in [0.1, 0.15) is 0 Å². The summed E-state index contributed by atoms with van der Waals surface area (Å²) in [7, 11) is 0. The number of hydrogen-bond acceptors (Lipinski definition) is 3. The van der Waals surface area contributed by atoms with Crippen molar-refractivity contribution in [2.75, 3.05) is 13.2 Å². The topological polar surface area (TPSA) is 50.1 Å². The fraction of sp³-hybridized carbons (Fsp3) is 0.357. The Hall–Kier alpha value is -1.65. The molecule has 0 bridgehead atoms. The maximum Gasteiger partial charge on any atom is 0.0728 e. The first kappa shape index (κ1) is 12.8. The average Bonchev–Trinajstić information content (AvgIpc) is 2.81. The molecule has 0 saturated heterocycles. The zero-order valence-electron chi connectivity index (χ0n) is 10.6. The van der Waals surface area contributed by atoms with Crippen LogP contribution in [0.5, 0.6) is 0 Å². The number of aliphatic hydroxyl groups excluding tert-OH is 1. The molecule has 4 heteroatoms. The van der Waals surface area contributed by atoms with Crippen molar-refractivity contribution >= 4 is 0 Å². The Morgan fingerprint density at radius 3 is 2.72 bits per heavy atom. The zero-order chi connectivity index (χ0) is 12.8. The first-order valence-electron chi connectivity index (χ1n) is 6.28. The van der Waals surface area contributed by atoms with Crippen LogP contribution in [0.15, 0.2) is 36.5 Å². The summed E-state index contributed by atoms with van der Waals surface area (Å²) in [4.78, 5) is 0. The molecule has 0 fully saturated rings. The second-order valence-electron chi connectivity index (χ2n) is 4.11. The van der Waals surface area contributed by atoms with E-state index in [1.54, 1.807) is 0 Å². The van der Waals surface area contributed by atoms with Crippen LogP contribution < -0.4 is 5.32 Å². The highest BCUT2D eigenvalue weighted by molar-refractivity contribution is 5.63. The lowest BCUT2D eigenvalue weighted by Crippen LogP contribution is -2.13. The van der Waals surface area contributed by atoms with E-state index in [1.807, 2.05) is 29.1 Å². The molecular formula is C14H19N3O. The Bertz CT molecular complexity index is 479. The molecule has 0 amide bonds. The van der Waals surface area contributed by atoms with E-state index in [0.717, 1.165) is 29.9 Å². The Kier molecular flexibility index (Phi) is 4.50. The maximum atomic E-state index is 9.10. The van der Waals surface area contributed by atoms with Crippen molar-refractivity contribution in [1.82, 2.24) is 15.1 Å². The fourth-order valence-corrected chi connectivity index (χ4v) is 2.01. The smallest absolute Gasteiger partial charge is 0.0728 e. The van der Waals surface area contributed by atoms with Crippen LogP contribution in [0, 0.1) is 0 Å². The van der Waals surface area contributed by atoms with Crippen molar-refractivity contribution in [3.05, 3.63) is 42.1 Å². The maximum absolute atomic E-state index is 9.10. The summed E-state index contributed by atoms with van der Waals surface area (Å²) in [6.45, 7) is 4.43. The molecule has 0 aliphatic carbocycles. The SMILES string of the molecule is CCNCc1cnn(CCO)c1-c1ccccc1. The third-order valence-corrected chi connectivity index (χ3v) is 2.84. The monoisotopic (exact) mass is 245 g/mol. The number of benzene rings is 1. The normalized spacial score (nSPS) is 10.8. The molecule has 0 unspecified atom stereocenters. The van der Waals surface area contributed by atoms with Crippen LogP contribution >= 0.6 is 0 Å². The van der Waals surface area contributed by atoms with Crippen molar-refractivity contribution in [3.63, 3.8) is 0 Å². The van der Waals surface area contributed by atoms with Crippen LogP contribution in [0.1, 0.15) is 12.5 Å². The highest BCUT2D eigenvalue weighted by Crippen LogP contribution is 2.23. The van der Waals surface area contributed by atoms with Gasteiger partial charge in [0.2, 0.25) is 0 Å². The van der Waals surface area contributed by atoms with Crippen LogP contribution in [0.4, 0.5) is 0 Å². The van der Waals surface area contributed by atoms with Gasteiger partial charge in [-0.15, -0.1) is 0 Å². The highest BCUT2D eigenvalue weighted by atomic mass is 16.3. The number of rotatable bonds is 6. The van der Waals surface area contributed by atoms with Crippen LogP contribution in [0.25, 0.3) is 11.3 Å². The quantitative estimate of drug-likeness (QED) is 0.813. The molecule has 1 heterocycles. The lowest BCUT2D eigenvalue weighted by molar-refractivity contribution is 0.270. The van der Waals surface area contributed by atoms with Gasteiger partial charge in [0.05, 0.1) is 25.0 Å². The zero-order valence-corrected chi connectivity index (χ0v) is 10.6. The minimum absolute atomic E-state index is 0.0994. The number of nitrogens with one attached hydrogen (secondary N) is 1. The van der Waals surface area contributed by atoms with Gasteiger partial charge in [-0.2, -0.15) is 5.10 Å². The summed E-state index contributed by atoms with van der Waals surface area (Å²) in [5, 5.41) is 16.8. The molecule has 2 rings (SSSR count). The van der Waals surface area contributed by atoms with E-state index >= 15 is 0 Å². The first-order chi connectivity index (χ1) is 8.86. The predicted octanol–water partition coefficient (Wildman–Crippen LogP) is 1.65. The molecule has 2 aromatic rings. The fourth-order valence-electron chi connectivity index (χ4n) is 2.01. The molecule has 0 spiro atoms. The molecule has 0 atom stereocenters. The van der Waals surface area contributed by atoms with E-state index in [-0.39, 0.29) is 6.61 Å². The van der Waals surface area contributed by atoms with Crippen molar-refractivity contribution in [2.45, 2.75) is 20.0 Å². The van der Waals surface area contributed by atoms with E-state index in [2.05, 4.69) is 29.5 Å². The molecule has 2 N–H and O–H groups in total. The van der Waals surface area contributed by atoms with E-state index < -0.39 is 0 Å². The molecule has 0 radical (unpaired) electrons. The van der Waals surface area contributed by atoms with E-state index in [1.165, 1.54) is 0 Å². The number of aromatic nitrogens is 2. The summed E-state index contributed by atoms with van der Waals surface area (Å²) in [5.74, 6) is 0. The number of nitrogens with zero attached hydrogens (tertiary/aromatic N) is 2. The predicted molar refractivity (Wildman–Crippen MR) is 72.1 cm³/mol. The minimum Gasteiger partial charge on any atom is -0.394 e. The Morgan fingerprint density at radius 1 is 1.28 bits per heavy atom. The van der Waals surface area contributed by atoms with Gasteiger partial charge in [0, 0.05) is 17.7 Å². The highest BCUT2D eigenvalue weighted by Gasteiger charge is 2.11. The minimum atomic E-state index is 0.0994. The van der Waals surface area contributed by atoms with Crippen molar-refractivity contribution in [1.29, 1.82) is 0 Å². The van der Waals surface area contributed by atoms with Crippen LogP contribution in [-0.2, 0) is 13.1 Å². The summed E-state index contributed by atoms with van der Waals surface area (Å²) in [5.41, 5.74) is 3.39. The largest absolute Gasteiger partial charge is 0.394 e. The van der Waals surface area contributed by atoms with E-state index in [0.29, 0.717) is 6.54 Å².